The van der Waals surface area contributed by atoms with Gasteiger partial charge in [0, 0.05) is 16.9 Å². The van der Waals surface area contributed by atoms with Crippen LogP contribution in [0, 0.1) is 0 Å². The number of phenols is 1. The fourth-order valence-corrected chi connectivity index (χ4v) is 6.70. The van der Waals surface area contributed by atoms with Gasteiger partial charge >= 0.3 is 35.2 Å². The summed E-state index contributed by atoms with van der Waals surface area (Å²) in [6.07, 6.45) is 0.993. The molecule has 0 aliphatic carbocycles. The smallest absolute Gasteiger partial charge is 0.744 e. The van der Waals surface area contributed by atoms with Crippen LogP contribution in [0.2, 0.25) is 0 Å². The van der Waals surface area contributed by atoms with E-state index in [9.17, 15) is 47.8 Å². The number of aromatic nitrogens is 2. The first-order chi connectivity index (χ1) is 27.0. The van der Waals surface area contributed by atoms with Crippen molar-refractivity contribution < 1.29 is 91.7 Å². The molecule has 0 amide bonds. The van der Waals surface area contributed by atoms with Gasteiger partial charge in [-0.3, -0.25) is 19.1 Å². The van der Waals surface area contributed by atoms with Gasteiger partial charge in [-0.05, 0) is 118 Å². The molecule has 25 heteroatoms. The fourth-order valence-electron chi connectivity index (χ4n) is 3.92. The van der Waals surface area contributed by atoms with E-state index in [1.165, 1.54) is 60.7 Å². The van der Waals surface area contributed by atoms with Crippen LogP contribution in [0.1, 0.15) is 20.8 Å². The molecule has 1 aromatic heterocycles. The third-order valence-corrected chi connectivity index (χ3v) is 11.0. The normalized spacial score (nSPS) is 11.0. The van der Waals surface area contributed by atoms with Crippen molar-refractivity contribution >= 4 is 55.7 Å². The van der Waals surface area contributed by atoms with Gasteiger partial charge in [0.1, 0.15) is 38.8 Å². The fraction of sp³-hybridized carbons (Fsp3) is 0.176. The summed E-state index contributed by atoms with van der Waals surface area (Å²) in [6, 6.07) is 21.6. The molecule has 1 heterocycles. The number of hydrogen-bond donors (Lipinski definition) is 5. The molecule has 0 fully saturated rings. The topological polar surface area (TPSA) is 306 Å². The summed E-state index contributed by atoms with van der Waals surface area (Å²) in [5.41, 5.74) is -1.82. The molecule has 59 heavy (non-hydrogen) atoms. The molecule has 0 unspecified atom stereocenters. The standard InChI is InChI=1S/C12H13N3O5S.C8H9ClO3S.C8H10O4S.C6H6O4S.Na/c1-2-20-8-3-5-9(6-4-8)21(18,19)15-10-7-13-12(17)14-11(10)16;2*1-2-12-7-3-5-8(6-4-7)13(9,10)11;7-5-1-3-6(4-2-5)11(8,9)10;/h3-7,15H,2H2,1H3,(H2,13,14,16,17);3-6H,2H2,1H3;3-6H,2H2,1H3,(H,9,10,11);1-4,7H,(H,8,9,10);/q;;;;+1/p-1. The van der Waals surface area contributed by atoms with Crippen molar-refractivity contribution in [1.29, 1.82) is 0 Å². The van der Waals surface area contributed by atoms with E-state index in [4.69, 9.17) is 34.6 Å². The minimum absolute atomic E-state index is 0. The number of benzene rings is 4. The molecule has 0 saturated carbocycles. The van der Waals surface area contributed by atoms with Crippen LogP contribution >= 0.6 is 10.7 Å². The monoisotopic (exact) mass is 929 g/mol. The van der Waals surface area contributed by atoms with Gasteiger partial charge in [-0.15, -0.1) is 0 Å². The van der Waals surface area contributed by atoms with E-state index in [0.29, 0.717) is 37.1 Å². The second-order valence-electron chi connectivity index (χ2n) is 10.7. The molecule has 0 aliphatic rings. The van der Waals surface area contributed by atoms with E-state index in [1.54, 1.807) is 12.1 Å². The molecule has 19 nitrogen and oxygen atoms in total. The third kappa shape index (κ3) is 19.0. The number of H-pyrrole nitrogens is 2. The van der Waals surface area contributed by atoms with Crippen LogP contribution in [-0.2, 0) is 39.3 Å². The van der Waals surface area contributed by atoms with Crippen LogP contribution in [0.5, 0.6) is 23.0 Å². The van der Waals surface area contributed by atoms with Crippen molar-refractivity contribution in [3.8, 4) is 23.0 Å². The Labute approximate surface area is 366 Å². The van der Waals surface area contributed by atoms with E-state index >= 15 is 0 Å². The second-order valence-corrected chi connectivity index (χ2v) is 17.7. The molecule has 0 spiro atoms. The first-order valence-corrected chi connectivity index (χ1v) is 22.8. The summed E-state index contributed by atoms with van der Waals surface area (Å²) < 4.78 is 124. The average molecular weight is 930 g/mol. The number of sulfonamides is 1. The number of halogens is 1. The maximum atomic E-state index is 12.1. The molecule has 0 bridgehead atoms. The van der Waals surface area contributed by atoms with Gasteiger partial charge < -0.3 is 28.9 Å². The average Bonchev–Trinajstić information content (AvgIpc) is 3.14. The molecular weight excluding hydrogens is 893 g/mol. The molecule has 5 aromatic rings. The van der Waals surface area contributed by atoms with E-state index in [-0.39, 0.29) is 60.6 Å². The number of aromatic hydroxyl groups is 1. The largest absolute Gasteiger partial charge is 1.00 e. The van der Waals surface area contributed by atoms with Crippen LogP contribution in [0.25, 0.3) is 0 Å². The van der Waals surface area contributed by atoms with Crippen LogP contribution in [0.4, 0.5) is 5.69 Å². The maximum Gasteiger partial charge on any atom is 1.00 e. The number of phenolic OH excluding ortho intramolecular Hbond substituents is 1. The second kappa shape index (κ2) is 24.0. The van der Waals surface area contributed by atoms with Crippen molar-refractivity contribution in [3.63, 3.8) is 0 Å². The zero-order valence-electron chi connectivity index (χ0n) is 31.6. The van der Waals surface area contributed by atoms with E-state index in [0.717, 1.165) is 30.5 Å². The van der Waals surface area contributed by atoms with Crippen LogP contribution in [0.3, 0.4) is 0 Å². The number of rotatable bonds is 12. The quantitative estimate of drug-likeness (QED) is 0.0660. The number of nitrogens with one attached hydrogen (secondary N) is 3. The SMILES string of the molecule is CCOc1ccc(S(=O)(=O)Cl)cc1.CCOc1ccc(S(=O)(=O)Nc2c[nH]c(=O)[nH]c2=O)cc1.CCOc1ccc(S(=O)(=O)O)cc1.O=S(=O)([O-])c1ccc(O)cc1.[Na+]. The molecule has 0 saturated heterocycles. The van der Waals surface area contributed by atoms with E-state index < -0.39 is 50.6 Å². The molecule has 5 rings (SSSR count). The number of hydrogen-bond acceptors (Lipinski definition) is 15. The number of anilines is 1. The van der Waals surface area contributed by atoms with Gasteiger partial charge in [-0.25, -0.2) is 30.0 Å². The van der Waals surface area contributed by atoms with Crippen molar-refractivity contribution in [2.75, 3.05) is 24.5 Å². The molecule has 0 radical (unpaired) electrons. The van der Waals surface area contributed by atoms with E-state index in [1.807, 2.05) is 25.8 Å². The van der Waals surface area contributed by atoms with Gasteiger partial charge in [-0.2, -0.15) is 8.42 Å². The molecule has 316 valence electrons. The first-order valence-electron chi connectivity index (χ1n) is 16.2. The van der Waals surface area contributed by atoms with Crippen molar-refractivity contribution in [1.82, 2.24) is 9.97 Å². The van der Waals surface area contributed by atoms with Gasteiger partial charge in [0.05, 0.1) is 39.4 Å². The van der Waals surface area contributed by atoms with Crippen molar-refractivity contribution in [2.45, 2.75) is 40.4 Å². The van der Waals surface area contributed by atoms with Gasteiger partial charge in [-0.1, -0.05) is 0 Å². The molecular formula is C34H37ClN3NaO16S4. The molecule has 0 atom stereocenters. The van der Waals surface area contributed by atoms with Gasteiger partial charge in [0.15, 0.2) is 0 Å². The molecule has 0 aliphatic heterocycles. The van der Waals surface area contributed by atoms with Crippen molar-refractivity contribution in [3.05, 3.63) is 124 Å². The predicted octanol–water partition coefficient (Wildman–Crippen LogP) is 0.908. The van der Waals surface area contributed by atoms with Gasteiger partial charge in [0.2, 0.25) is 0 Å². The Morgan fingerprint density at radius 2 is 1.00 bits per heavy atom. The summed E-state index contributed by atoms with van der Waals surface area (Å²) in [7, 11) is -10.9. The minimum atomic E-state index is -4.38. The Bertz CT molecular complexity index is 2570. The van der Waals surface area contributed by atoms with E-state index in [2.05, 4.69) is 9.71 Å². The van der Waals surface area contributed by atoms with Crippen LogP contribution < -0.4 is 59.7 Å². The minimum Gasteiger partial charge on any atom is -0.744 e. The molecule has 5 N–H and O–H groups in total. The number of ether oxygens (including phenoxy) is 3. The summed E-state index contributed by atoms with van der Waals surface area (Å²) >= 11 is 0. The summed E-state index contributed by atoms with van der Waals surface area (Å²) in [5, 5.41) is 8.73. The first kappa shape index (κ1) is 52.6. The van der Waals surface area contributed by atoms with Crippen LogP contribution in [0.15, 0.2) is 132 Å². The Balaban J connectivity index is 0.000000405. The Hall–Kier alpha value is -4.43. The zero-order chi connectivity index (χ0) is 43.7. The Morgan fingerprint density at radius 3 is 1.34 bits per heavy atom. The maximum absolute atomic E-state index is 12.1. The Kier molecular flexibility index (Phi) is 21.4. The summed E-state index contributed by atoms with van der Waals surface area (Å²) in [4.78, 5) is 26.0. The zero-order valence-corrected chi connectivity index (χ0v) is 37.6. The van der Waals surface area contributed by atoms with Crippen molar-refractivity contribution in [2.24, 2.45) is 0 Å². The summed E-state index contributed by atoms with van der Waals surface area (Å²) in [6.45, 7) is 7.03. The Morgan fingerprint density at radius 1 is 0.627 bits per heavy atom. The predicted molar refractivity (Wildman–Crippen MR) is 210 cm³/mol. The summed E-state index contributed by atoms with van der Waals surface area (Å²) in [5.74, 6) is 1.68. The third-order valence-electron chi connectivity index (χ3n) is 6.48. The molecule has 4 aromatic carbocycles. The van der Waals surface area contributed by atoms with Gasteiger partial charge in [0.25, 0.3) is 34.8 Å². The number of aromatic amines is 2. The van der Waals surface area contributed by atoms with Crippen LogP contribution in [-0.4, -0.2) is 77.7 Å².